The fraction of sp³-hybridized carbons (Fsp3) is 0.455. The van der Waals surface area contributed by atoms with Gasteiger partial charge in [-0.15, -0.1) is 11.6 Å². The van der Waals surface area contributed by atoms with E-state index in [4.69, 9.17) is 11.6 Å². The molecule has 0 saturated carbocycles. The maximum atomic E-state index is 12.3. The molecule has 1 aromatic carbocycles. The van der Waals surface area contributed by atoms with Gasteiger partial charge in [-0.05, 0) is 36.0 Å². The lowest BCUT2D eigenvalue weighted by atomic mass is 10.0. The minimum absolute atomic E-state index is 0.544. The van der Waals surface area contributed by atoms with Crippen molar-refractivity contribution >= 4 is 11.6 Å². The molecular weight excluding hydrogens is 206 g/mol. The van der Waals surface area contributed by atoms with Gasteiger partial charge in [-0.3, -0.25) is 0 Å². The summed E-state index contributed by atoms with van der Waals surface area (Å²) in [6, 6.07) is 5.47. The Bertz CT molecular complexity index is 336. The molecule has 3 heteroatoms. The van der Waals surface area contributed by atoms with E-state index in [1.807, 2.05) is 12.1 Å². The highest BCUT2D eigenvalue weighted by Gasteiger charge is 2.21. The summed E-state index contributed by atoms with van der Waals surface area (Å²) in [7, 11) is 0. The summed E-state index contributed by atoms with van der Waals surface area (Å²) in [5, 5.41) is -1.17. The Kier molecular flexibility index (Phi) is 2.73. The maximum Gasteiger partial charge on any atom is 0.258 e. The number of alkyl halides is 3. The molecule has 0 N–H and O–H groups in total. The predicted octanol–water partition coefficient (Wildman–Crippen LogP) is 3.72. The molecule has 0 amide bonds. The SMILES string of the molecule is FC(F)C(Cl)c1ccc2c(c1)CCC2. The predicted molar refractivity (Wildman–Crippen MR) is 53.1 cm³/mol. The van der Waals surface area contributed by atoms with Gasteiger partial charge in [0, 0.05) is 0 Å². The number of rotatable bonds is 2. The highest BCUT2D eigenvalue weighted by molar-refractivity contribution is 6.21. The van der Waals surface area contributed by atoms with Crippen LogP contribution in [0, 0.1) is 0 Å². The lowest BCUT2D eigenvalue weighted by molar-refractivity contribution is 0.143. The van der Waals surface area contributed by atoms with Crippen LogP contribution >= 0.6 is 11.6 Å². The summed E-state index contributed by atoms with van der Waals surface area (Å²) in [5.74, 6) is 0. The lowest BCUT2D eigenvalue weighted by Gasteiger charge is -2.10. The highest BCUT2D eigenvalue weighted by atomic mass is 35.5. The molecule has 0 nitrogen and oxygen atoms in total. The third-order valence-electron chi connectivity index (χ3n) is 2.66. The Morgan fingerprint density at radius 1 is 1.14 bits per heavy atom. The topological polar surface area (TPSA) is 0 Å². The molecule has 1 unspecified atom stereocenters. The van der Waals surface area contributed by atoms with Crippen molar-refractivity contribution < 1.29 is 8.78 Å². The monoisotopic (exact) mass is 216 g/mol. The van der Waals surface area contributed by atoms with Gasteiger partial charge < -0.3 is 0 Å². The average Bonchev–Trinajstić information content (AvgIpc) is 2.62. The van der Waals surface area contributed by atoms with Crippen molar-refractivity contribution in [1.82, 2.24) is 0 Å². The summed E-state index contributed by atoms with van der Waals surface area (Å²) < 4.78 is 24.7. The fourth-order valence-electron chi connectivity index (χ4n) is 1.91. The van der Waals surface area contributed by atoms with Crippen molar-refractivity contribution in [1.29, 1.82) is 0 Å². The van der Waals surface area contributed by atoms with E-state index >= 15 is 0 Å². The van der Waals surface area contributed by atoms with Gasteiger partial charge in [0.2, 0.25) is 0 Å². The molecular formula is C11H11ClF2. The van der Waals surface area contributed by atoms with Gasteiger partial charge in [0.25, 0.3) is 6.43 Å². The first-order chi connectivity index (χ1) is 6.68. The fourth-order valence-corrected chi connectivity index (χ4v) is 2.04. The second kappa shape index (κ2) is 3.85. The Morgan fingerprint density at radius 3 is 2.57 bits per heavy atom. The molecule has 0 heterocycles. The van der Waals surface area contributed by atoms with E-state index < -0.39 is 11.8 Å². The van der Waals surface area contributed by atoms with Crippen LogP contribution in [0.5, 0.6) is 0 Å². The molecule has 0 aromatic heterocycles. The molecule has 0 spiro atoms. The van der Waals surface area contributed by atoms with Crippen LogP contribution in [-0.4, -0.2) is 6.43 Å². The summed E-state index contributed by atoms with van der Waals surface area (Å²) >= 11 is 5.59. The van der Waals surface area contributed by atoms with Crippen molar-refractivity contribution in [3.63, 3.8) is 0 Å². The van der Waals surface area contributed by atoms with Gasteiger partial charge in [-0.1, -0.05) is 18.2 Å². The van der Waals surface area contributed by atoms with E-state index in [1.54, 1.807) is 6.07 Å². The zero-order valence-electron chi connectivity index (χ0n) is 7.64. The van der Waals surface area contributed by atoms with Gasteiger partial charge in [0.05, 0.1) is 0 Å². The summed E-state index contributed by atoms with van der Waals surface area (Å²) in [5.41, 5.74) is 3.02. The highest BCUT2D eigenvalue weighted by Crippen LogP contribution is 2.31. The summed E-state index contributed by atoms with van der Waals surface area (Å²) in [4.78, 5) is 0. The zero-order chi connectivity index (χ0) is 10.1. The van der Waals surface area contributed by atoms with Crippen molar-refractivity contribution in [3.05, 3.63) is 34.9 Å². The van der Waals surface area contributed by atoms with E-state index in [2.05, 4.69) is 0 Å². The smallest absolute Gasteiger partial charge is 0.208 e. The van der Waals surface area contributed by atoms with Crippen LogP contribution in [0.2, 0.25) is 0 Å². The largest absolute Gasteiger partial charge is 0.258 e. The number of halogens is 3. The average molecular weight is 217 g/mol. The Balaban J connectivity index is 2.28. The molecule has 0 radical (unpaired) electrons. The Labute approximate surface area is 86.9 Å². The summed E-state index contributed by atoms with van der Waals surface area (Å²) in [6.07, 6.45) is 0.698. The van der Waals surface area contributed by atoms with Gasteiger partial charge >= 0.3 is 0 Å². The third-order valence-corrected chi connectivity index (χ3v) is 3.10. The second-order valence-corrected chi connectivity index (χ2v) is 4.09. The van der Waals surface area contributed by atoms with E-state index in [0.717, 1.165) is 19.3 Å². The number of benzene rings is 1. The molecule has 0 saturated heterocycles. The first-order valence-corrected chi connectivity index (χ1v) is 5.16. The molecule has 0 fully saturated rings. The van der Waals surface area contributed by atoms with Crippen LogP contribution in [0.15, 0.2) is 18.2 Å². The van der Waals surface area contributed by atoms with Crippen molar-refractivity contribution in [3.8, 4) is 0 Å². The minimum atomic E-state index is -2.49. The minimum Gasteiger partial charge on any atom is -0.208 e. The number of aryl methyl sites for hydroxylation is 2. The zero-order valence-corrected chi connectivity index (χ0v) is 8.40. The molecule has 2 rings (SSSR count). The molecule has 1 aliphatic rings. The van der Waals surface area contributed by atoms with Crippen LogP contribution < -0.4 is 0 Å². The molecule has 1 aromatic rings. The van der Waals surface area contributed by atoms with Gasteiger partial charge in [-0.2, -0.15) is 0 Å². The van der Waals surface area contributed by atoms with Crippen LogP contribution in [-0.2, 0) is 12.8 Å². The van der Waals surface area contributed by atoms with E-state index in [1.165, 1.54) is 11.1 Å². The maximum absolute atomic E-state index is 12.3. The number of fused-ring (bicyclic) bond motifs is 1. The number of hydrogen-bond donors (Lipinski definition) is 0. The first-order valence-electron chi connectivity index (χ1n) is 4.72. The normalized spacial score (nSPS) is 17.1. The molecule has 1 aliphatic carbocycles. The molecule has 0 bridgehead atoms. The summed E-state index contributed by atoms with van der Waals surface area (Å²) in [6.45, 7) is 0. The van der Waals surface area contributed by atoms with Crippen molar-refractivity contribution in [2.24, 2.45) is 0 Å². The first kappa shape index (κ1) is 9.91. The quantitative estimate of drug-likeness (QED) is 0.661. The molecule has 1 atom stereocenters. The van der Waals surface area contributed by atoms with E-state index in [-0.39, 0.29) is 0 Å². The van der Waals surface area contributed by atoms with E-state index in [9.17, 15) is 8.78 Å². The van der Waals surface area contributed by atoms with Gasteiger partial charge in [0.1, 0.15) is 5.38 Å². The van der Waals surface area contributed by atoms with Crippen LogP contribution in [0.1, 0.15) is 28.5 Å². The molecule has 76 valence electrons. The lowest BCUT2D eigenvalue weighted by Crippen LogP contribution is -2.02. The second-order valence-electron chi connectivity index (χ2n) is 3.62. The van der Waals surface area contributed by atoms with E-state index in [0.29, 0.717) is 5.56 Å². The van der Waals surface area contributed by atoms with Crippen LogP contribution in [0.4, 0.5) is 8.78 Å². The van der Waals surface area contributed by atoms with Crippen LogP contribution in [0.3, 0.4) is 0 Å². The Morgan fingerprint density at radius 2 is 1.86 bits per heavy atom. The van der Waals surface area contributed by atoms with Gasteiger partial charge in [-0.25, -0.2) is 8.78 Å². The Hall–Kier alpha value is -0.630. The third kappa shape index (κ3) is 1.76. The van der Waals surface area contributed by atoms with Crippen molar-refractivity contribution in [2.75, 3.05) is 0 Å². The van der Waals surface area contributed by atoms with Crippen molar-refractivity contribution in [2.45, 2.75) is 31.1 Å². The molecule has 0 aliphatic heterocycles. The van der Waals surface area contributed by atoms with Gasteiger partial charge in [0.15, 0.2) is 0 Å². The molecule has 14 heavy (non-hydrogen) atoms. The van der Waals surface area contributed by atoms with Crippen LogP contribution in [0.25, 0.3) is 0 Å². The number of hydrogen-bond acceptors (Lipinski definition) is 0. The standard InChI is InChI=1S/C11H11ClF2/c12-10(11(13)14)9-5-4-7-2-1-3-8(7)6-9/h4-6,10-11H,1-3H2.